The van der Waals surface area contributed by atoms with E-state index in [1.807, 2.05) is 0 Å². The topological polar surface area (TPSA) is 32.5 Å². The summed E-state index contributed by atoms with van der Waals surface area (Å²) in [4.78, 5) is 5.50. The molecule has 0 bridgehead atoms. The van der Waals surface area contributed by atoms with Gasteiger partial charge in [0.15, 0.2) is 0 Å². The molecule has 1 aliphatic carbocycles. The number of unbranched alkanes of at least 4 members (excludes halogenated alkanes) is 2. The molecule has 2 N–H and O–H groups in total. The van der Waals surface area contributed by atoms with Crippen molar-refractivity contribution in [3.8, 4) is 0 Å². The molecular formula is C18H37N3. The fourth-order valence-corrected chi connectivity index (χ4v) is 4.44. The summed E-state index contributed by atoms with van der Waals surface area (Å²) >= 11 is 0. The molecule has 0 spiro atoms. The van der Waals surface area contributed by atoms with Crippen molar-refractivity contribution in [1.82, 2.24) is 9.80 Å². The van der Waals surface area contributed by atoms with Gasteiger partial charge in [-0.05, 0) is 76.5 Å². The largest absolute Gasteiger partial charge is 0.330 e. The zero-order valence-electron chi connectivity index (χ0n) is 14.4. The average Bonchev–Trinajstić information content (AvgIpc) is 2.68. The molecule has 1 heterocycles. The zero-order chi connectivity index (χ0) is 15.1. The Morgan fingerprint density at radius 2 is 1.62 bits per heavy atom. The van der Waals surface area contributed by atoms with Crippen molar-refractivity contribution >= 4 is 0 Å². The first-order chi connectivity index (χ1) is 10.2. The van der Waals surface area contributed by atoms with E-state index in [9.17, 15) is 0 Å². The predicted octanol–water partition coefficient (Wildman–Crippen LogP) is 2.95. The minimum absolute atomic E-state index is 0.853. The van der Waals surface area contributed by atoms with Gasteiger partial charge in [-0.25, -0.2) is 0 Å². The van der Waals surface area contributed by atoms with E-state index >= 15 is 0 Å². The van der Waals surface area contributed by atoms with Gasteiger partial charge in [0.2, 0.25) is 0 Å². The van der Waals surface area contributed by atoms with Crippen LogP contribution in [0.3, 0.4) is 0 Å². The lowest BCUT2D eigenvalue weighted by molar-refractivity contribution is 0.112. The van der Waals surface area contributed by atoms with E-state index < -0.39 is 0 Å². The Morgan fingerprint density at radius 1 is 0.857 bits per heavy atom. The summed E-state index contributed by atoms with van der Waals surface area (Å²) in [6, 6.07) is 0.862. The van der Waals surface area contributed by atoms with Crippen LogP contribution in [0.25, 0.3) is 0 Å². The highest BCUT2D eigenvalue weighted by molar-refractivity contribution is 4.84. The van der Waals surface area contributed by atoms with Crippen molar-refractivity contribution in [3.05, 3.63) is 0 Å². The molecule has 0 aromatic heterocycles. The summed E-state index contributed by atoms with van der Waals surface area (Å²) in [5.74, 6) is 1.85. The molecular weight excluding hydrogens is 258 g/mol. The van der Waals surface area contributed by atoms with Gasteiger partial charge < -0.3 is 10.6 Å². The molecule has 2 unspecified atom stereocenters. The molecule has 0 aromatic carbocycles. The lowest BCUT2D eigenvalue weighted by Gasteiger charge is -2.38. The second kappa shape index (κ2) is 9.12. The summed E-state index contributed by atoms with van der Waals surface area (Å²) in [6.07, 6.45) is 9.48. The van der Waals surface area contributed by atoms with Gasteiger partial charge in [-0.1, -0.05) is 20.3 Å². The minimum atomic E-state index is 0.853. The molecule has 21 heavy (non-hydrogen) atoms. The van der Waals surface area contributed by atoms with Crippen LogP contribution in [0.5, 0.6) is 0 Å². The van der Waals surface area contributed by atoms with Crippen LogP contribution < -0.4 is 5.73 Å². The van der Waals surface area contributed by atoms with Gasteiger partial charge in [0.25, 0.3) is 0 Å². The number of hydrogen-bond acceptors (Lipinski definition) is 3. The van der Waals surface area contributed by atoms with Crippen LogP contribution in [0.1, 0.15) is 58.8 Å². The summed E-state index contributed by atoms with van der Waals surface area (Å²) < 4.78 is 0. The van der Waals surface area contributed by atoms with Crippen LogP contribution in [0.2, 0.25) is 0 Å². The quantitative estimate of drug-likeness (QED) is 0.765. The first kappa shape index (κ1) is 17.2. The van der Waals surface area contributed by atoms with Gasteiger partial charge in [-0.2, -0.15) is 0 Å². The van der Waals surface area contributed by atoms with E-state index in [0.717, 1.165) is 24.4 Å². The second-order valence-corrected chi connectivity index (χ2v) is 7.65. The first-order valence-electron chi connectivity index (χ1n) is 9.35. The molecule has 2 aliphatic rings. The highest BCUT2D eigenvalue weighted by Gasteiger charge is 2.29. The zero-order valence-corrected chi connectivity index (χ0v) is 14.4. The number of hydrogen-bond donors (Lipinski definition) is 1. The third-order valence-electron chi connectivity index (χ3n) is 5.47. The number of rotatable bonds is 6. The third kappa shape index (κ3) is 5.88. The van der Waals surface area contributed by atoms with Gasteiger partial charge in [-0.15, -0.1) is 0 Å². The highest BCUT2D eigenvalue weighted by Crippen LogP contribution is 2.31. The van der Waals surface area contributed by atoms with Crippen molar-refractivity contribution < 1.29 is 0 Å². The summed E-state index contributed by atoms with van der Waals surface area (Å²) in [5.41, 5.74) is 5.58. The van der Waals surface area contributed by atoms with Crippen LogP contribution in [0.15, 0.2) is 0 Å². The van der Waals surface area contributed by atoms with E-state index in [0.29, 0.717) is 0 Å². The molecule has 3 heteroatoms. The smallest absolute Gasteiger partial charge is 0.0112 e. The third-order valence-corrected chi connectivity index (χ3v) is 5.47. The molecule has 3 nitrogen and oxygen atoms in total. The van der Waals surface area contributed by atoms with Gasteiger partial charge in [0.1, 0.15) is 0 Å². The van der Waals surface area contributed by atoms with E-state index in [-0.39, 0.29) is 0 Å². The molecule has 1 saturated carbocycles. The second-order valence-electron chi connectivity index (χ2n) is 7.65. The number of nitrogens with two attached hydrogens (primary N) is 1. The summed E-state index contributed by atoms with van der Waals surface area (Å²) in [7, 11) is 0. The molecule has 2 atom stereocenters. The van der Waals surface area contributed by atoms with Gasteiger partial charge >= 0.3 is 0 Å². The number of nitrogens with zero attached hydrogens (tertiary/aromatic N) is 2. The van der Waals surface area contributed by atoms with Gasteiger partial charge in [0.05, 0.1) is 0 Å². The van der Waals surface area contributed by atoms with Gasteiger partial charge in [-0.3, -0.25) is 4.90 Å². The molecule has 2 fully saturated rings. The molecule has 0 radical (unpaired) electrons. The van der Waals surface area contributed by atoms with Crippen molar-refractivity contribution in [2.45, 2.75) is 64.8 Å². The molecule has 1 aliphatic heterocycles. The maximum atomic E-state index is 5.58. The monoisotopic (exact) mass is 295 g/mol. The van der Waals surface area contributed by atoms with E-state index in [1.165, 1.54) is 77.7 Å². The van der Waals surface area contributed by atoms with Crippen molar-refractivity contribution in [2.24, 2.45) is 17.6 Å². The lowest BCUT2D eigenvalue weighted by Crippen LogP contribution is -2.42. The fraction of sp³-hybridized carbons (Fsp3) is 1.00. The highest BCUT2D eigenvalue weighted by atomic mass is 15.2. The molecule has 0 amide bonds. The Balaban J connectivity index is 1.72. The maximum Gasteiger partial charge on any atom is 0.0112 e. The molecule has 124 valence electrons. The standard InChI is InChI=1S/C18H37N3/c1-16-13-17(2)15-18(14-16)21-10-6-9-20(11-12-21)8-5-3-4-7-19/h16-18H,3-15,19H2,1-2H3. The normalized spacial score (nSPS) is 33.0. The Bertz CT molecular complexity index is 272. The van der Waals surface area contributed by atoms with Gasteiger partial charge in [0, 0.05) is 19.1 Å². The van der Waals surface area contributed by atoms with E-state index in [1.54, 1.807) is 0 Å². The Kier molecular flexibility index (Phi) is 7.48. The van der Waals surface area contributed by atoms with Crippen LogP contribution in [-0.2, 0) is 0 Å². The summed E-state index contributed by atoms with van der Waals surface area (Å²) in [6.45, 7) is 12.2. The van der Waals surface area contributed by atoms with E-state index in [2.05, 4.69) is 23.6 Å². The Hall–Kier alpha value is -0.120. The SMILES string of the molecule is CC1CC(C)CC(N2CCCN(CCCCCN)CC2)C1. The lowest BCUT2D eigenvalue weighted by atomic mass is 9.80. The van der Waals surface area contributed by atoms with Crippen LogP contribution in [-0.4, -0.2) is 55.1 Å². The average molecular weight is 296 g/mol. The fourth-order valence-electron chi connectivity index (χ4n) is 4.44. The van der Waals surface area contributed by atoms with Crippen LogP contribution >= 0.6 is 0 Å². The minimum Gasteiger partial charge on any atom is -0.330 e. The summed E-state index contributed by atoms with van der Waals surface area (Å²) in [5, 5.41) is 0. The predicted molar refractivity (Wildman–Crippen MR) is 91.5 cm³/mol. The maximum absolute atomic E-state index is 5.58. The van der Waals surface area contributed by atoms with Crippen molar-refractivity contribution in [2.75, 3.05) is 39.3 Å². The van der Waals surface area contributed by atoms with E-state index in [4.69, 9.17) is 5.73 Å². The van der Waals surface area contributed by atoms with Crippen LogP contribution in [0, 0.1) is 11.8 Å². The molecule has 1 saturated heterocycles. The Labute approximate surface area is 132 Å². The molecule has 2 rings (SSSR count). The van der Waals surface area contributed by atoms with Crippen LogP contribution in [0.4, 0.5) is 0 Å². The first-order valence-corrected chi connectivity index (χ1v) is 9.35. The van der Waals surface area contributed by atoms with Crippen molar-refractivity contribution in [1.29, 1.82) is 0 Å². The van der Waals surface area contributed by atoms with Crippen molar-refractivity contribution in [3.63, 3.8) is 0 Å². The Morgan fingerprint density at radius 3 is 2.33 bits per heavy atom. The molecule has 0 aromatic rings.